The van der Waals surface area contributed by atoms with Gasteiger partial charge in [0.1, 0.15) is 5.40 Å². The molecule has 0 bridgehead atoms. The molecule has 0 N–H and O–H groups in total. The minimum Gasteiger partial charge on any atom is -0.185 e. The Hall–Kier alpha value is -0.680. The van der Waals surface area contributed by atoms with Crippen molar-refractivity contribution in [3.05, 3.63) is 23.3 Å². The van der Waals surface area contributed by atoms with Gasteiger partial charge < -0.3 is 0 Å². The van der Waals surface area contributed by atoms with Crippen molar-refractivity contribution >= 4 is 11.8 Å². The predicted octanol–water partition coefficient (Wildman–Crippen LogP) is 5.45. The van der Waals surface area contributed by atoms with Crippen molar-refractivity contribution in [1.29, 1.82) is 5.26 Å². The molecule has 1 rings (SSSR count). The molecule has 0 aliphatic heterocycles. The second kappa shape index (κ2) is 7.04. The van der Waals surface area contributed by atoms with Crippen LogP contribution in [0, 0.1) is 16.6 Å². The van der Waals surface area contributed by atoms with Crippen LogP contribution < -0.4 is 0 Å². The first-order valence-electron chi connectivity index (χ1n) is 6.84. The molecule has 0 radical (unpaired) electrons. The summed E-state index contributed by atoms with van der Waals surface area (Å²) in [5, 5.41) is 11.4. The van der Waals surface area contributed by atoms with E-state index in [0.29, 0.717) is 5.92 Å². The number of hydrogen-bond donors (Lipinski definition) is 0. The molecular formula is C16H25NS. The topological polar surface area (TPSA) is 23.8 Å². The molecule has 100 valence electrons. The third-order valence-corrected chi connectivity index (χ3v) is 5.07. The average Bonchev–Trinajstić information content (AvgIpc) is 2.29. The molecular weight excluding hydrogens is 238 g/mol. The number of thioether (sulfide) groups is 1. The van der Waals surface area contributed by atoms with E-state index in [4.69, 9.17) is 5.26 Å². The minimum atomic E-state index is 0.109. The Morgan fingerprint density at radius 2 is 2.33 bits per heavy atom. The van der Waals surface area contributed by atoms with Crippen molar-refractivity contribution in [2.75, 3.05) is 0 Å². The highest BCUT2D eigenvalue weighted by molar-refractivity contribution is 8.05. The fourth-order valence-corrected chi connectivity index (χ4v) is 3.42. The Morgan fingerprint density at radius 1 is 1.61 bits per heavy atom. The maximum absolute atomic E-state index is 9.08. The van der Waals surface area contributed by atoms with Gasteiger partial charge in [-0.25, -0.2) is 0 Å². The van der Waals surface area contributed by atoms with Crippen LogP contribution in [0.25, 0.3) is 0 Å². The lowest BCUT2D eigenvalue weighted by molar-refractivity contribution is 0.349. The van der Waals surface area contributed by atoms with Crippen LogP contribution in [0.5, 0.6) is 0 Å². The fraction of sp³-hybridized carbons (Fsp3) is 0.688. The largest absolute Gasteiger partial charge is 0.185 e. The molecule has 1 aliphatic carbocycles. The van der Waals surface area contributed by atoms with Gasteiger partial charge in [-0.3, -0.25) is 0 Å². The molecule has 18 heavy (non-hydrogen) atoms. The number of rotatable bonds is 5. The molecule has 0 fully saturated rings. The first-order valence-corrected chi connectivity index (χ1v) is 7.65. The zero-order valence-corrected chi connectivity index (χ0v) is 12.9. The summed E-state index contributed by atoms with van der Waals surface area (Å²) in [6.45, 7) is 8.77. The van der Waals surface area contributed by atoms with Crippen molar-refractivity contribution in [3.8, 4) is 5.40 Å². The second-order valence-electron chi connectivity index (χ2n) is 5.85. The van der Waals surface area contributed by atoms with Gasteiger partial charge in [-0.1, -0.05) is 23.3 Å². The quantitative estimate of drug-likeness (QED) is 0.486. The molecule has 2 atom stereocenters. The van der Waals surface area contributed by atoms with E-state index in [2.05, 4.69) is 45.2 Å². The van der Waals surface area contributed by atoms with E-state index in [1.54, 1.807) is 0 Å². The third-order valence-electron chi connectivity index (χ3n) is 3.97. The molecule has 0 heterocycles. The van der Waals surface area contributed by atoms with Crippen molar-refractivity contribution < 1.29 is 0 Å². The van der Waals surface area contributed by atoms with E-state index < -0.39 is 0 Å². The predicted molar refractivity (Wildman–Crippen MR) is 81.4 cm³/mol. The second-order valence-corrected chi connectivity index (χ2v) is 7.17. The third kappa shape index (κ3) is 4.53. The van der Waals surface area contributed by atoms with Gasteiger partial charge >= 0.3 is 0 Å². The van der Waals surface area contributed by atoms with Crippen molar-refractivity contribution in [1.82, 2.24) is 0 Å². The maximum Gasteiger partial charge on any atom is 0.133 e. The summed E-state index contributed by atoms with van der Waals surface area (Å²) in [6, 6.07) is 0. The molecule has 0 aromatic heterocycles. The van der Waals surface area contributed by atoms with E-state index in [-0.39, 0.29) is 4.75 Å². The lowest BCUT2D eigenvalue weighted by Crippen LogP contribution is -2.31. The molecule has 1 aliphatic rings. The van der Waals surface area contributed by atoms with Crippen LogP contribution >= 0.6 is 11.8 Å². The Bertz CT molecular complexity index is 371. The lowest BCUT2D eigenvalue weighted by atomic mass is 9.79. The van der Waals surface area contributed by atoms with Gasteiger partial charge in [0.15, 0.2) is 0 Å². The van der Waals surface area contributed by atoms with Gasteiger partial charge in [0.25, 0.3) is 0 Å². The standard InChI is InChI=1S/C16H25NS/c1-13(2)6-5-11-16(4,18-12-17)15-9-7-14(3)8-10-15/h6-7,15H,5,8-11H2,1-4H3/t15?,16-/m0/s1. The SMILES string of the molecule is CC(C)=CCC[C@](C)(SC#N)C1CC=C(C)CC1. The Morgan fingerprint density at radius 3 is 2.83 bits per heavy atom. The normalized spacial score (nSPS) is 22.6. The monoisotopic (exact) mass is 263 g/mol. The summed E-state index contributed by atoms with van der Waals surface area (Å²) in [5.41, 5.74) is 2.89. The fourth-order valence-electron chi connectivity index (χ4n) is 2.61. The van der Waals surface area contributed by atoms with E-state index >= 15 is 0 Å². The maximum atomic E-state index is 9.08. The smallest absolute Gasteiger partial charge is 0.133 e. The number of allylic oxidation sites excluding steroid dienone is 4. The van der Waals surface area contributed by atoms with Crippen molar-refractivity contribution in [2.45, 2.75) is 64.5 Å². The average molecular weight is 263 g/mol. The zero-order valence-electron chi connectivity index (χ0n) is 12.1. The van der Waals surface area contributed by atoms with E-state index in [1.807, 2.05) is 0 Å². The Kier molecular flexibility index (Phi) is 6.02. The Balaban J connectivity index is 2.68. The van der Waals surface area contributed by atoms with Crippen LogP contribution in [0.3, 0.4) is 0 Å². The minimum absolute atomic E-state index is 0.109. The summed E-state index contributed by atoms with van der Waals surface area (Å²) in [7, 11) is 0. The van der Waals surface area contributed by atoms with Gasteiger partial charge in [-0.05, 0) is 77.5 Å². The summed E-state index contributed by atoms with van der Waals surface area (Å²) < 4.78 is 0.109. The van der Waals surface area contributed by atoms with Crippen molar-refractivity contribution in [2.24, 2.45) is 5.92 Å². The highest BCUT2D eigenvalue weighted by Gasteiger charge is 2.34. The summed E-state index contributed by atoms with van der Waals surface area (Å²) >= 11 is 1.49. The molecule has 0 spiro atoms. The molecule has 0 aromatic rings. The highest BCUT2D eigenvalue weighted by Crippen LogP contribution is 2.43. The van der Waals surface area contributed by atoms with Crippen LogP contribution in [0.1, 0.15) is 59.8 Å². The van der Waals surface area contributed by atoms with Crippen LogP contribution in [0.4, 0.5) is 0 Å². The van der Waals surface area contributed by atoms with E-state index in [1.165, 1.54) is 35.7 Å². The number of nitriles is 1. The first-order chi connectivity index (χ1) is 8.48. The zero-order chi connectivity index (χ0) is 13.6. The molecule has 0 saturated carbocycles. The number of hydrogen-bond acceptors (Lipinski definition) is 2. The lowest BCUT2D eigenvalue weighted by Gasteiger charge is -2.36. The van der Waals surface area contributed by atoms with Crippen LogP contribution in [0.15, 0.2) is 23.3 Å². The first kappa shape index (κ1) is 15.4. The molecule has 0 amide bonds. The van der Waals surface area contributed by atoms with Gasteiger partial charge in [0.05, 0.1) is 0 Å². The van der Waals surface area contributed by atoms with Gasteiger partial charge in [-0.2, -0.15) is 5.26 Å². The Labute approximate surface area is 116 Å². The van der Waals surface area contributed by atoms with Crippen LogP contribution in [-0.2, 0) is 0 Å². The van der Waals surface area contributed by atoms with E-state index in [9.17, 15) is 0 Å². The molecule has 2 heteroatoms. The van der Waals surface area contributed by atoms with E-state index in [0.717, 1.165) is 19.3 Å². The molecule has 1 nitrogen and oxygen atoms in total. The molecule has 0 aromatic carbocycles. The van der Waals surface area contributed by atoms with Gasteiger partial charge in [0, 0.05) is 4.75 Å². The highest BCUT2D eigenvalue weighted by atomic mass is 32.2. The molecule has 1 unspecified atom stereocenters. The summed E-state index contributed by atoms with van der Waals surface area (Å²) in [6.07, 6.45) is 10.4. The molecule has 0 saturated heterocycles. The van der Waals surface area contributed by atoms with Gasteiger partial charge in [-0.15, -0.1) is 0 Å². The van der Waals surface area contributed by atoms with Crippen molar-refractivity contribution in [3.63, 3.8) is 0 Å². The summed E-state index contributed by atoms with van der Waals surface area (Å²) in [5.74, 6) is 0.649. The van der Waals surface area contributed by atoms with Gasteiger partial charge in [0.2, 0.25) is 0 Å². The van der Waals surface area contributed by atoms with Crippen LogP contribution in [0.2, 0.25) is 0 Å². The number of thiocyanates is 1. The number of nitrogens with zero attached hydrogens (tertiary/aromatic N) is 1. The summed E-state index contributed by atoms with van der Waals surface area (Å²) in [4.78, 5) is 0. The van der Waals surface area contributed by atoms with Crippen LogP contribution in [-0.4, -0.2) is 4.75 Å².